The highest BCUT2D eigenvalue weighted by Crippen LogP contribution is 2.67. The van der Waals surface area contributed by atoms with Crippen molar-refractivity contribution in [1.82, 2.24) is 5.32 Å². The molecule has 0 saturated heterocycles. The number of amides is 1. The fourth-order valence-electron chi connectivity index (χ4n) is 8.09. The van der Waals surface area contributed by atoms with Gasteiger partial charge in [0.25, 0.3) is 5.91 Å². The first-order chi connectivity index (χ1) is 17.0. The lowest BCUT2D eigenvalue weighted by Crippen LogP contribution is -2.57. The maximum absolute atomic E-state index is 12.4. The summed E-state index contributed by atoms with van der Waals surface area (Å²) in [6.07, 6.45) is 10.8. The van der Waals surface area contributed by atoms with Gasteiger partial charge in [-0.25, -0.2) is 0 Å². The Kier molecular flexibility index (Phi) is 7.65. The van der Waals surface area contributed by atoms with Gasteiger partial charge in [0, 0.05) is 18.4 Å². The molecule has 4 aliphatic carbocycles. The van der Waals surface area contributed by atoms with Crippen molar-refractivity contribution in [3.8, 4) is 0 Å². The van der Waals surface area contributed by atoms with E-state index < -0.39 is 11.6 Å². The molecule has 0 aromatic rings. The fourth-order valence-corrected chi connectivity index (χ4v) is 8.09. The number of carboxylic acid groups (broad SMARTS) is 1. The molecule has 200 valence electrons. The van der Waals surface area contributed by atoms with Crippen molar-refractivity contribution in [2.45, 2.75) is 97.0 Å². The molecule has 4 aliphatic rings. The summed E-state index contributed by atoms with van der Waals surface area (Å²) >= 11 is 0. The van der Waals surface area contributed by atoms with Crippen LogP contribution >= 0.6 is 0 Å². The maximum Gasteiger partial charge on any atom is 0.303 e. The third-order valence-electron chi connectivity index (χ3n) is 10.2. The minimum absolute atomic E-state index is 0.0704. The number of aliphatic hydroxyl groups is 1. The van der Waals surface area contributed by atoms with Gasteiger partial charge >= 0.3 is 5.97 Å². The molecule has 8 nitrogen and oxygen atoms in total. The van der Waals surface area contributed by atoms with E-state index in [4.69, 9.17) is 9.94 Å². The highest BCUT2D eigenvalue weighted by molar-refractivity contribution is 5.96. The van der Waals surface area contributed by atoms with Crippen LogP contribution in [-0.2, 0) is 19.2 Å². The lowest BCUT2D eigenvalue weighted by Gasteiger charge is -2.59. The molecule has 0 aromatic carbocycles. The van der Waals surface area contributed by atoms with Crippen molar-refractivity contribution in [2.24, 2.45) is 33.7 Å². The van der Waals surface area contributed by atoms with Crippen molar-refractivity contribution < 1.29 is 29.4 Å². The highest BCUT2D eigenvalue weighted by atomic mass is 16.6. The second kappa shape index (κ2) is 10.3. The van der Waals surface area contributed by atoms with Gasteiger partial charge in [0.2, 0.25) is 0 Å². The predicted octanol–water partition coefficient (Wildman–Crippen LogP) is 4.01. The number of hydrogen-bond acceptors (Lipinski definition) is 6. The summed E-state index contributed by atoms with van der Waals surface area (Å²) in [5.74, 6) is 0.333. The van der Waals surface area contributed by atoms with Crippen LogP contribution in [0.4, 0.5) is 0 Å². The zero-order valence-electron chi connectivity index (χ0n) is 22.0. The van der Waals surface area contributed by atoms with Crippen molar-refractivity contribution in [2.75, 3.05) is 13.2 Å². The van der Waals surface area contributed by atoms with Gasteiger partial charge in [0.15, 0.2) is 12.4 Å². The normalized spacial score (nSPS) is 38.4. The Bertz CT molecular complexity index is 960. The molecule has 0 radical (unpaired) electrons. The first-order valence-corrected chi connectivity index (χ1v) is 13.6. The molecule has 6 atom stereocenters. The summed E-state index contributed by atoms with van der Waals surface area (Å²) < 4.78 is 0. The van der Waals surface area contributed by atoms with Crippen molar-refractivity contribution in [3.05, 3.63) is 11.6 Å². The number of carboxylic acids is 1. The minimum atomic E-state index is -1.17. The Labute approximate surface area is 213 Å². The zero-order chi connectivity index (χ0) is 26.1. The molecule has 1 amide bonds. The number of rotatable bonds is 9. The summed E-state index contributed by atoms with van der Waals surface area (Å²) in [6, 6.07) is 0. The van der Waals surface area contributed by atoms with Gasteiger partial charge < -0.3 is 20.4 Å². The average Bonchev–Trinajstić information content (AvgIpc) is 3.11. The Morgan fingerprint density at radius 2 is 1.83 bits per heavy atom. The fraction of sp³-hybridized carbons (Fsp3) is 0.786. The van der Waals surface area contributed by atoms with E-state index in [1.165, 1.54) is 5.57 Å². The van der Waals surface area contributed by atoms with Gasteiger partial charge in [0.05, 0.1) is 5.71 Å². The van der Waals surface area contributed by atoms with Crippen LogP contribution in [0.2, 0.25) is 0 Å². The zero-order valence-corrected chi connectivity index (χ0v) is 22.0. The molecule has 4 rings (SSSR count). The summed E-state index contributed by atoms with van der Waals surface area (Å²) in [6.45, 7) is 6.39. The maximum atomic E-state index is 12.4. The molecular formula is C28H42N2O6. The average molecular weight is 503 g/mol. The van der Waals surface area contributed by atoms with Crippen LogP contribution < -0.4 is 5.32 Å². The number of nitrogens with one attached hydrogen (secondary N) is 1. The van der Waals surface area contributed by atoms with Gasteiger partial charge in [0.1, 0.15) is 5.60 Å². The molecule has 3 N–H and O–H groups in total. The number of aliphatic carboxylic acids is 1. The van der Waals surface area contributed by atoms with E-state index in [-0.39, 0.29) is 35.5 Å². The van der Waals surface area contributed by atoms with E-state index in [2.05, 4.69) is 30.4 Å². The van der Waals surface area contributed by atoms with Crippen LogP contribution in [0.25, 0.3) is 0 Å². The minimum Gasteiger partial charge on any atom is -0.481 e. The van der Waals surface area contributed by atoms with E-state index in [0.29, 0.717) is 43.6 Å². The van der Waals surface area contributed by atoms with Crippen LogP contribution in [0.1, 0.15) is 91.4 Å². The van der Waals surface area contributed by atoms with Crippen molar-refractivity contribution in [3.63, 3.8) is 0 Å². The van der Waals surface area contributed by atoms with Crippen LogP contribution in [-0.4, -0.2) is 52.3 Å². The number of nitrogens with zero attached hydrogens (tertiary/aromatic N) is 1. The van der Waals surface area contributed by atoms with E-state index in [9.17, 15) is 19.5 Å². The van der Waals surface area contributed by atoms with Gasteiger partial charge in [-0.2, -0.15) is 0 Å². The summed E-state index contributed by atoms with van der Waals surface area (Å²) in [7, 11) is 0. The van der Waals surface area contributed by atoms with Crippen molar-refractivity contribution >= 4 is 23.4 Å². The second-order valence-electron chi connectivity index (χ2n) is 12.0. The number of unbranched alkanes of at least 4 members (excludes halogenated alkanes) is 1. The third kappa shape index (κ3) is 4.73. The molecule has 8 heteroatoms. The van der Waals surface area contributed by atoms with E-state index in [1.54, 1.807) is 6.92 Å². The second-order valence-corrected chi connectivity index (χ2v) is 12.0. The number of Topliss-reactive ketones (excluding diaryl/α,β-unsaturated/α-hetero) is 1. The van der Waals surface area contributed by atoms with E-state index in [0.717, 1.165) is 50.7 Å². The summed E-state index contributed by atoms with van der Waals surface area (Å²) in [5.41, 5.74) is 0.914. The Morgan fingerprint density at radius 3 is 2.56 bits per heavy atom. The Morgan fingerprint density at radius 1 is 1.08 bits per heavy atom. The van der Waals surface area contributed by atoms with Crippen LogP contribution in [0.15, 0.2) is 16.8 Å². The molecule has 0 aromatic heterocycles. The van der Waals surface area contributed by atoms with Gasteiger partial charge in [-0.05, 0) is 100 Å². The summed E-state index contributed by atoms with van der Waals surface area (Å²) in [4.78, 5) is 40.2. The number of fused-ring (bicyclic) bond motifs is 5. The number of ketones is 1. The van der Waals surface area contributed by atoms with E-state index >= 15 is 0 Å². The molecule has 0 bridgehead atoms. The number of carbonyl (C=O) groups is 3. The quantitative estimate of drug-likeness (QED) is 0.323. The number of allylic oxidation sites excluding steroid dienone is 2. The number of oxime groups is 1. The largest absolute Gasteiger partial charge is 0.481 e. The molecular weight excluding hydrogens is 460 g/mol. The van der Waals surface area contributed by atoms with E-state index in [1.807, 2.05) is 0 Å². The first kappa shape index (κ1) is 26.8. The van der Waals surface area contributed by atoms with Crippen LogP contribution in [0.5, 0.6) is 0 Å². The van der Waals surface area contributed by atoms with Gasteiger partial charge in [-0.3, -0.25) is 14.4 Å². The topological polar surface area (TPSA) is 125 Å². The SMILES string of the molecule is CC(=O)C1(O)CCC2C3CCC4=C/C(=N/OCC(=O)NCCCCC(=O)O)CC[C@]4(C)C3CC[C@@]21C. The molecule has 3 fully saturated rings. The highest BCUT2D eigenvalue weighted by Gasteiger charge is 2.65. The van der Waals surface area contributed by atoms with Crippen LogP contribution in [0.3, 0.4) is 0 Å². The lowest BCUT2D eigenvalue weighted by atomic mass is 9.46. The smallest absolute Gasteiger partial charge is 0.303 e. The van der Waals surface area contributed by atoms with Crippen molar-refractivity contribution in [1.29, 1.82) is 0 Å². The first-order valence-electron chi connectivity index (χ1n) is 13.6. The monoisotopic (exact) mass is 502 g/mol. The Balaban J connectivity index is 1.34. The third-order valence-corrected chi connectivity index (χ3v) is 10.2. The van der Waals surface area contributed by atoms with Gasteiger partial charge in [-0.15, -0.1) is 0 Å². The lowest BCUT2D eigenvalue weighted by molar-refractivity contribution is -0.159. The Hall–Kier alpha value is -2.22. The number of carbonyl (C=O) groups excluding carboxylic acids is 2. The van der Waals surface area contributed by atoms with Gasteiger partial charge in [-0.1, -0.05) is 24.6 Å². The van der Waals surface area contributed by atoms with Crippen LogP contribution in [0, 0.1) is 28.6 Å². The number of hydrogen-bond donors (Lipinski definition) is 3. The molecule has 0 spiro atoms. The standard InChI is InChI=1S/C28H42N2O6/c1-18(31)28(35)14-11-23-21-8-7-19-16-20(9-12-26(19,2)22(21)10-13-27(23,28)3)30-36-17-24(32)29-15-5-4-6-25(33)34/h16,21-23,35H,4-15,17H2,1-3H3,(H,29,32)(H,33,34)/b30-20+/t21?,22?,23?,26-,27-,28?/m0/s1. The predicted molar refractivity (Wildman–Crippen MR) is 135 cm³/mol. The molecule has 36 heavy (non-hydrogen) atoms. The molecule has 4 unspecified atom stereocenters. The summed E-state index contributed by atoms with van der Waals surface area (Å²) in [5, 5.41) is 26.9. The molecule has 3 saturated carbocycles. The molecule has 0 aliphatic heterocycles. The molecule has 0 heterocycles.